The fourth-order valence-corrected chi connectivity index (χ4v) is 1.17. The molecule has 0 aliphatic carbocycles. The number of rotatable bonds is 0. The maximum absolute atomic E-state index is 3.00. The highest BCUT2D eigenvalue weighted by Gasteiger charge is 1.79. The maximum atomic E-state index is 3.00. The molecule has 118 valence electrons. The topological polar surface area (TPSA) is 0 Å². The SMILES string of the molecule is C=C.CC.CC.Cc1ccc(C)cc1.Cc1ccccc1. The first-order valence-electron chi connectivity index (χ1n) is 7.73. The van der Waals surface area contributed by atoms with E-state index in [9.17, 15) is 0 Å². The summed E-state index contributed by atoms with van der Waals surface area (Å²) in [6.45, 7) is 20.3. The second kappa shape index (κ2) is 20.5. The van der Waals surface area contributed by atoms with E-state index < -0.39 is 0 Å². The highest BCUT2D eigenvalue weighted by Crippen LogP contribution is 1.99. The Balaban J connectivity index is -0.000000229. The Hall–Kier alpha value is -1.82. The van der Waals surface area contributed by atoms with Crippen molar-refractivity contribution in [1.29, 1.82) is 0 Å². The van der Waals surface area contributed by atoms with Crippen molar-refractivity contribution in [2.45, 2.75) is 48.5 Å². The van der Waals surface area contributed by atoms with Crippen LogP contribution in [0, 0.1) is 20.8 Å². The van der Waals surface area contributed by atoms with Gasteiger partial charge in [-0.15, -0.1) is 13.2 Å². The number of hydrogen-bond acceptors (Lipinski definition) is 0. The van der Waals surface area contributed by atoms with Gasteiger partial charge in [0, 0.05) is 0 Å². The van der Waals surface area contributed by atoms with Crippen LogP contribution in [0.4, 0.5) is 0 Å². The third-order valence-corrected chi connectivity index (χ3v) is 2.16. The predicted octanol–water partition coefficient (Wildman–Crippen LogP) is 7.15. The minimum Gasteiger partial charge on any atom is -0.106 e. The van der Waals surface area contributed by atoms with Crippen molar-refractivity contribution < 1.29 is 0 Å². The van der Waals surface area contributed by atoms with Crippen LogP contribution in [0.2, 0.25) is 0 Å². The summed E-state index contributed by atoms with van der Waals surface area (Å²) in [6, 6.07) is 18.7. The van der Waals surface area contributed by atoms with E-state index >= 15 is 0 Å². The van der Waals surface area contributed by atoms with Gasteiger partial charge in [-0.25, -0.2) is 0 Å². The lowest BCUT2D eigenvalue weighted by Crippen LogP contribution is -1.70. The molecule has 0 fully saturated rings. The molecule has 0 heterocycles. The highest BCUT2D eigenvalue weighted by atomic mass is 13.9. The van der Waals surface area contributed by atoms with E-state index in [2.05, 4.69) is 70.3 Å². The van der Waals surface area contributed by atoms with Gasteiger partial charge in [0.1, 0.15) is 0 Å². The van der Waals surface area contributed by atoms with Crippen LogP contribution in [0.1, 0.15) is 44.4 Å². The minimum absolute atomic E-state index is 1.32. The Bertz CT molecular complexity index is 363. The summed E-state index contributed by atoms with van der Waals surface area (Å²) < 4.78 is 0. The normalized spacial score (nSPS) is 7.19. The van der Waals surface area contributed by atoms with Crippen LogP contribution in [0.3, 0.4) is 0 Å². The summed E-state index contributed by atoms with van der Waals surface area (Å²) in [5.41, 5.74) is 3.98. The molecule has 0 aromatic heterocycles. The molecule has 2 rings (SSSR count). The predicted molar refractivity (Wildman–Crippen MR) is 101 cm³/mol. The summed E-state index contributed by atoms with van der Waals surface area (Å²) in [6.07, 6.45) is 0. The van der Waals surface area contributed by atoms with Crippen molar-refractivity contribution >= 4 is 0 Å². The second-order valence-corrected chi connectivity index (χ2v) is 3.81. The lowest BCUT2D eigenvalue weighted by Gasteiger charge is -1.90. The van der Waals surface area contributed by atoms with Crippen molar-refractivity contribution in [3.8, 4) is 0 Å². The zero-order valence-electron chi connectivity index (χ0n) is 15.1. The van der Waals surface area contributed by atoms with Gasteiger partial charge >= 0.3 is 0 Å². The van der Waals surface area contributed by atoms with Gasteiger partial charge in [0.2, 0.25) is 0 Å². The molecular weight excluding hydrogens is 252 g/mol. The first-order chi connectivity index (χ1) is 10.2. The molecule has 0 atom stereocenters. The molecule has 0 bridgehead atoms. The van der Waals surface area contributed by atoms with Crippen LogP contribution in [0.25, 0.3) is 0 Å². The molecule has 0 aliphatic heterocycles. The van der Waals surface area contributed by atoms with Gasteiger partial charge in [-0.05, 0) is 20.8 Å². The van der Waals surface area contributed by atoms with Gasteiger partial charge in [0.05, 0.1) is 0 Å². The summed E-state index contributed by atoms with van der Waals surface area (Å²) in [4.78, 5) is 0. The Kier molecular flexibility index (Phi) is 23.6. The van der Waals surface area contributed by atoms with Crippen LogP contribution in [0.5, 0.6) is 0 Å². The van der Waals surface area contributed by atoms with Gasteiger partial charge in [0.15, 0.2) is 0 Å². The maximum Gasteiger partial charge on any atom is -0.0398 e. The quantitative estimate of drug-likeness (QED) is 0.451. The summed E-state index contributed by atoms with van der Waals surface area (Å²) in [5.74, 6) is 0. The number of aryl methyl sites for hydroxylation is 3. The van der Waals surface area contributed by atoms with E-state index in [1.165, 1.54) is 16.7 Å². The van der Waals surface area contributed by atoms with Crippen molar-refractivity contribution in [2.75, 3.05) is 0 Å². The molecule has 0 nitrogen and oxygen atoms in total. The average Bonchev–Trinajstić information content (AvgIpc) is 2.57. The molecule has 2 aromatic rings. The van der Waals surface area contributed by atoms with E-state index in [0.29, 0.717) is 0 Å². The Labute approximate surface area is 133 Å². The molecule has 2 aromatic carbocycles. The van der Waals surface area contributed by atoms with E-state index in [4.69, 9.17) is 0 Å². The van der Waals surface area contributed by atoms with Gasteiger partial charge < -0.3 is 0 Å². The minimum atomic E-state index is 1.32. The van der Waals surface area contributed by atoms with Crippen LogP contribution < -0.4 is 0 Å². The number of benzene rings is 2. The van der Waals surface area contributed by atoms with Crippen molar-refractivity contribution in [3.63, 3.8) is 0 Å². The van der Waals surface area contributed by atoms with Crippen LogP contribution in [-0.2, 0) is 0 Å². The van der Waals surface area contributed by atoms with E-state index in [1.54, 1.807) is 0 Å². The van der Waals surface area contributed by atoms with Crippen LogP contribution >= 0.6 is 0 Å². The first kappa shape index (κ1) is 24.2. The largest absolute Gasteiger partial charge is 0.106 e. The van der Waals surface area contributed by atoms with E-state index in [1.807, 2.05) is 45.9 Å². The lowest BCUT2D eigenvalue weighted by atomic mass is 10.2. The summed E-state index contributed by atoms with van der Waals surface area (Å²) in [5, 5.41) is 0. The lowest BCUT2D eigenvalue weighted by molar-refractivity contribution is 1.40. The molecule has 0 amide bonds. The van der Waals surface area contributed by atoms with Gasteiger partial charge in [-0.1, -0.05) is 99.0 Å². The van der Waals surface area contributed by atoms with Crippen molar-refractivity contribution in [3.05, 3.63) is 84.4 Å². The highest BCUT2D eigenvalue weighted by molar-refractivity contribution is 5.19. The first-order valence-corrected chi connectivity index (χ1v) is 7.73. The molecular formula is C21H34. The molecule has 0 aliphatic rings. The third-order valence-electron chi connectivity index (χ3n) is 2.16. The van der Waals surface area contributed by atoms with Gasteiger partial charge in [-0.2, -0.15) is 0 Å². The van der Waals surface area contributed by atoms with Crippen molar-refractivity contribution in [1.82, 2.24) is 0 Å². The molecule has 21 heavy (non-hydrogen) atoms. The van der Waals surface area contributed by atoms with E-state index in [-0.39, 0.29) is 0 Å². The monoisotopic (exact) mass is 286 g/mol. The third kappa shape index (κ3) is 18.2. The Morgan fingerprint density at radius 3 is 0.905 bits per heavy atom. The van der Waals surface area contributed by atoms with Crippen LogP contribution in [0.15, 0.2) is 67.8 Å². The molecule has 0 saturated heterocycles. The van der Waals surface area contributed by atoms with E-state index in [0.717, 1.165) is 0 Å². The molecule has 0 spiro atoms. The second-order valence-electron chi connectivity index (χ2n) is 3.81. The molecule has 0 saturated carbocycles. The molecule has 0 unspecified atom stereocenters. The average molecular weight is 287 g/mol. The van der Waals surface area contributed by atoms with Crippen LogP contribution in [-0.4, -0.2) is 0 Å². The fourth-order valence-electron chi connectivity index (χ4n) is 1.17. The summed E-state index contributed by atoms with van der Waals surface area (Å²) in [7, 11) is 0. The Morgan fingerprint density at radius 1 is 0.476 bits per heavy atom. The number of hydrogen-bond donors (Lipinski definition) is 0. The van der Waals surface area contributed by atoms with Gasteiger partial charge in [0.25, 0.3) is 0 Å². The fraction of sp³-hybridized carbons (Fsp3) is 0.333. The molecule has 0 radical (unpaired) electrons. The standard InChI is InChI=1S/C8H10.C7H8.2C2H6.C2H4/c1-7-3-5-8(2)6-4-7;1-7-5-3-2-4-6-7;3*1-2/h3-6H,1-2H3;2-6H,1H3;2*1-2H3;1-2H2. The molecule has 0 N–H and O–H groups in total. The van der Waals surface area contributed by atoms with Gasteiger partial charge in [-0.3, -0.25) is 0 Å². The Morgan fingerprint density at radius 2 is 0.714 bits per heavy atom. The smallest absolute Gasteiger partial charge is 0.0398 e. The molecule has 0 heteroatoms. The zero-order chi connectivity index (χ0) is 17.1. The zero-order valence-corrected chi connectivity index (χ0v) is 15.1. The summed E-state index contributed by atoms with van der Waals surface area (Å²) >= 11 is 0. The van der Waals surface area contributed by atoms with Crippen molar-refractivity contribution in [2.24, 2.45) is 0 Å².